The van der Waals surface area contributed by atoms with Gasteiger partial charge in [-0.25, -0.2) is 0 Å². The summed E-state index contributed by atoms with van der Waals surface area (Å²) in [5.41, 5.74) is 1.82. The van der Waals surface area contributed by atoms with Crippen molar-refractivity contribution in [2.75, 3.05) is 0 Å². The molecule has 0 aliphatic heterocycles. The van der Waals surface area contributed by atoms with Crippen molar-refractivity contribution >= 4 is 27.9 Å². The summed E-state index contributed by atoms with van der Waals surface area (Å²) in [5, 5.41) is 4.23. The van der Waals surface area contributed by atoms with Gasteiger partial charge in [-0.3, -0.25) is 4.79 Å². The maximum absolute atomic E-state index is 12.4. The predicted octanol–water partition coefficient (Wildman–Crippen LogP) is 4.44. The van der Waals surface area contributed by atoms with Crippen LogP contribution in [-0.2, 0) is 0 Å². The third-order valence-electron chi connectivity index (χ3n) is 3.08. The van der Waals surface area contributed by atoms with Crippen LogP contribution >= 0.6 is 11.3 Å². The van der Waals surface area contributed by atoms with Gasteiger partial charge in [-0.15, -0.1) is 11.3 Å². The van der Waals surface area contributed by atoms with Gasteiger partial charge in [0.15, 0.2) is 0 Å². The molecule has 3 rings (SSSR count). The van der Waals surface area contributed by atoms with Gasteiger partial charge in [-0.2, -0.15) is 0 Å². The van der Waals surface area contributed by atoms with Gasteiger partial charge in [-0.05, 0) is 40.8 Å². The van der Waals surface area contributed by atoms with E-state index in [-0.39, 0.29) is 5.78 Å². The molecular weight excluding hydrogens is 240 g/mol. The van der Waals surface area contributed by atoms with Gasteiger partial charge in [0, 0.05) is 5.56 Å². The highest BCUT2D eigenvalue weighted by Crippen LogP contribution is 2.22. The van der Waals surface area contributed by atoms with Gasteiger partial charge in [0.05, 0.1) is 4.88 Å². The molecule has 0 aliphatic rings. The minimum Gasteiger partial charge on any atom is -0.288 e. The lowest BCUT2D eigenvalue weighted by atomic mass is 10.0. The summed E-state index contributed by atoms with van der Waals surface area (Å²) in [4.78, 5) is 13.2. The molecule has 2 heteroatoms. The number of aryl methyl sites for hydroxylation is 1. The Balaban J connectivity index is 2.10. The van der Waals surface area contributed by atoms with Gasteiger partial charge in [0.1, 0.15) is 0 Å². The largest absolute Gasteiger partial charge is 0.288 e. The summed E-state index contributed by atoms with van der Waals surface area (Å²) in [7, 11) is 0. The Bertz CT molecular complexity index is 725. The quantitative estimate of drug-likeness (QED) is 0.616. The van der Waals surface area contributed by atoms with Crippen LogP contribution in [-0.4, -0.2) is 5.78 Å². The number of carbonyl (C=O) groups is 1. The first-order chi connectivity index (χ1) is 8.75. The monoisotopic (exact) mass is 252 g/mol. The molecule has 0 spiro atoms. The van der Waals surface area contributed by atoms with Crippen molar-refractivity contribution in [3.63, 3.8) is 0 Å². The average molecular weight is 252 g/mol. The van der Waals surface area contributed by atoms with Crippen LogP contribution in [0.5, 0.6) is 0 Å². The standard InChI is InChI=1S/C16H12OS/c1-11-8-9-18-16(11)15(17)14-7-6-12-4-2-3-5-13(12)10-14/h2-10H,1H3. The molecular formula is C16H12OS. The minimum atomic E-state index is 0.119. The van der Waals surface area contributed by atoms with E-state index in [2.05, 4.69) is 6.07 Å². The third kappa shape index (κ3) is 1.85. The van der Waals surface area contributed by atoms with Crippen molar-refractivity contribution in [2.45, 2.75) is 6.92 Å². The predicted molar refractivity (Wildman–Crippen MR) is 76.4 cm³/mol. The van der Waals surface area contributed by atoms with Crippen molar-refractivity contribution < 1.29 is 4.79 Å². The molecule has 1 aromatic heterocycles. The summed E-state index contributed by atoms with van der Waals surface area (Å²) < 4.78 is 0. The zero-order chi connectivity index (χ0) is 12.5. The smallest absolute Gasteiger partial charge is 0.203 e. The van der Waals surface area contributed by atoms with Crippen LogP contribution in [0.25, 0.3) is 10.8 Å². The van der Waals surface area contributed by atoms with Crippen molar-refractivity contribution in [3.8, 4) is 0 Å². The molecule has 0 saturated carbocycles. The Morgan fingerprint density at radius 2 is 1.78 bits per heavy atom. The topological polar surface area (TPSA) is 17.1 Å². The van der Waals surface area contributed by atoms with E-state index < -0.39 is 0 Å². The molecule has 0 unspecified atom stereocenters. The maximum Gasteiger partial charge on any atom is 0.203 e. The highest BCUT2D eigenvalue weighted by molar-refractivity contribution is 7.12. The van der Waals surface area contributed by atoms with Gasteiger partial charge >= 0.3 is 0 Å². The zero-order valence-electron chi connectivity index (χ0n) is 10.0. The molecule has 0 radical (unpaired) electrons. The second-order valence-corrected chi connectivity index (χ2v) is 5.24. The molecule has 0 fully saturated rings. The highest BCUT2D eigenvalue weighted by atomic mass is 32.1. The van der Waals surface area contributed by atoms with E-state index in [1.807, 2.05) is 54.8 Å². The SMILES string of the molecule is Cc1ccsc1C(=O)c1ccc2ccccc2c1. The molecule has 0 saturated heterocycles. The van der Waals surface area contributed by atoms with Crippen LogP contribution in [0.3, 0.4) is 0 Å². The molecule has 0 bridgehead atoms. The molecule has 0 atom stereocenters. The number of hydrogen-bond acceptors (Lipinski definition) is 2. The lowest BCUT2D eigenvalue weighted by Crippen LogP contribution is -2.00. The Labute approximate surface area is 110 Å². The lowest BCUT2D eigenvalue weighted by Gasteiger charge is -2.02. The van der Waals surface area contributed by atoms with Crippen molar-refractivity contribution in [3.05, 3.63) is 69.9 Å². The third-order valence-corrected chi connectivity index (χ3v) is 4.10. The van der Waals surface area contributed by atoms with Crippen molar-refractivity contribution in [1.29, 1.82) is 0 Å². The summed E-state index contributed by atoms with van der Waals surface area (Å²) in [5.74, 6) is 0.119. The Hall–Kier alpha value is -1.93. The van der Waals surface area contributed by atoms with Crippen molar-refractivity contribution in [2.24, 2.45) is 0 Å². The van der Waals surface area contributed by atoms with E-state index in [1.54, 1.807) is 0 Å². The second kappa shape index (κ2) is 4.39. The summed E-state index contributed by atoms with van der Waals surface area (Å²) in [6, 6.07) is 16.0. The molecule has 0 aliphatic carbocycles. The summed E-state index contributed by atoms with van der Waals surface area (Å²) in [6.45, 7) is 1.98. The number of fused-ring (bicyclic) bond motifs is 1. The van der Waals surface area contributed by atoms with Crippen LogP contribution in [0.4, 0.5) is 0 Å². The highest BCUT2D eigenvalue weighted by Gasteiger charge is 2.13. The Morgan fingerprint density at radius 3 is 2.50 bits per heavy atom. The zero-order valence-corrected chi connectivity index (χ0v) is 10.8. The number of benzene rings is 2. The summed E-state index contributed by atoms with van der Waals surface area (Å²) >= 11 is 1.51. The van der Waals surface area contributed by atoms with Crippen LogP contribution in [0.2, 0.25) is 0 Å². The summed E-state index contributed by atoms with van der Waals surface area (Å²) in [6.07, 6.45) is 0. The maximum atomic E-state index is 12.4. The van der Waals surface area contributed by atoms with Gasteiger partial charge in [0.25, 0.3) is 0 Å². The molecule has 88 valence electrons. The molecule has 0 amide bonds. The fourth-order valence-corrected chi connectivity index (χ4v) is 2.95. The molecule has 2 aromatic carbocycles. The van der Waals surface area contributed by atoms with E-state index in [4.69, 9.17) is 0 Å². The number of ketones is 1. The second-order valence-electron chi connectivity index (χ2n) is 4.32. The Kier molecular flexibility index (Phi) is 2.73. The fourth-order valence-electron chi connectivity index (χ4n) is 2.07. The van der Waals surface area contributed by atoms with Crippen LogP contribution < -0.4 is 0 Å². The van der Waals surface area contributed by atoms with Crippen molar-refractivity contribution in [1.82, 2.24) is 0 Å². The van der Waals surface area contributed by atoms with Gasteiger partial charge in [0.2, 0.25) is 5.78 Å². The molecule has 1 heterocycles. The fraction of sp³-hybridized carbons (Fsp3) is 0.0625. The Morgan fingerprint density at radius 1 is 1.00 bits per heavy atom. The van der Waals surface area contributed by atoms with E-state index in [0.29, 0.717) is 0 Å². The number of carbonyl (C=O) groups excluding carboxylic acids is 1. The number of rotatable bonds is 2. The van der Waals surface area contributed by atoms with E-state index in [9.17, 15) is 4.79 Å². The molecule has 3 aromatic rings. The van der Waals surface area contributed by atoms with E-state index in [1.165, 1.54) is 11.3 Å². The van der Waals surface area contributed by atoms with Gasteiger partial charge in [-0.1, -0.05) is 36.4 Å². The van der Waals surface area contributed by atoms with Crippen LogP contribution in [0.1, 0.15) is 20.8 Å². The van der Waals surface area contributed by atoms with E-state index in [0.717, 1.165) is 26.8 Å². The molecule has 18 heavy (non-hydrogen) atoms. The first-order valence-corrected chi connectivity index (χ1v) is 6.71. The number of hydrogen-bond donors (Lipinski definition) is 0. The van der Waals surface area contributed by atoms with E-state index >= 15 is 0 Å². The first kappa shape index (κ1) is 11.2. The number of thiophene rings is 1. The minimum absolute atomic E-state index is 0.119. The van der Waals surface area contributed by atoms with Crippen LogP contribution in [0.15, 0.2) is 53.9 Å². The van der Waals surface area contributed by atoms with Crippen LogP contribution in [0, 0.1) is 6.92 Å². The molecule has 0 N–H and O–H groups in total. The lowest BCUT2D eigenvalue weighted by molar-refractivity contribution is 0.104. The normalized spacial score (nSPS) is 10.7. The first-order valence-electron chi connectivity index (χ1n) is 5.83. The average Bonchev–Trinajstić information content (AvgIpc) is 2.83. The van der Waals surface area contributed by atoms with Gasteiger partial charge < -0.3 is 0 Å². The molecule has 1 nitrogen and oxygen atoms in total.